The number of para-hydroxylation sites is 1. The molecule has 0 radical (unpaired) electrons. The maximum Gasteiger partial charge on any atom is 0.267 e. The number of nitrogens with zero attached hydrogens (tertiary/aromatic N) is 3. The quantitative estimate of drug-likeness (QED) is 0.601. The zero-order valence-electron chi connectivity index (χ0n) is 13.9. The molecule has 0 atom stereocenters. The first-order valence-electron chi connectivity index (χ1n) is 8.08. The van der Waals surface area contributed by atoms with Crippen LogP contribution in [-0.2, 0) is 11.3 Å². The molecule has 0 aliphatic carbocycles. The largest absolute Gasteiger partial charge is 0.335 e. The predicted molar refractivity (Wildman–Crippen MR) is 96.5 cm³/mol. The molecule has 8 heteroatoms. The van der Waals surface area contributed by atoms with E-state index in [1.807, 2.05) is 6.07 Å². The summed E-state index contributed by atoms with van der Waals surface area (Å²) in [7, 11) is 0. The van der Waals surface area contributed by atoms with Crippen LogP contribution in [0, 0.1) is 5.82 Å². The van der Waals surface area contributed by atoms with Gasteiger partial charge in [-0.1, -0.05) is 35.5 Å². The summed E-state index contributed by atoms with van der Waals surface area (Å²) in [5, 5.41) is 6.50. The second kappa shape index (κ2) is 6.83. The summed E-state index contributed by atoms with van der Waals surface area (Å²) in [6, 6.07) is 14.8. The van der Waals surface area contributed by atoms with Crippen LogP contribution in [0.25, 0.3) is 22.4 Å². The van der Waals surface area contributed by atoms with Gasteiger partial charge >= 0.3 is 0 Å². The van der Waals surface area contributed by atoms with E-state index in [9.17, 15) is 14.0 Å². The zero-order chi connectivity index (χ0) is 18.8. The highest BCUT2D eigenvalue weighted by atomic mass is 19.1. The molecule has 0 spiro atoms. The number of carbonyl (C=O) groups excluding carboxylic acids is 1. The van der Waals surface area contributed by atoms with Crippen molar-refractivity contribution in [3.8, 4) is 11.3 Å². The highest BCUT2D eigenvalue weighted by Crippen LogP contribution is 2.26. The van der Waals surface area contributed by atoms with Crippen LogP contribution in [0.3, 0.4) is 0 Å². The third-order valence-corrected chi connectivity index (χ3v) is 3.96. The van der Waals surface area contributed by atoms with Crippen molar-refractivity contribution >= 4 is 22.7 Å². The van der Waals surface area contributed by atoms with Crippen molar-refractivity contribution in [2.24, 2.45) is 0 Å². The van der Waals surface area contributed by atoms with Crippen LogP contribution in [0.2, 0.25) is 0 Å². The van der Waals surface area contributed by atoms with E-state index >= 15 is 0 Å². The Labute approximate surface area is 152 Å². The summed E-state index contributed by atoms with van der Waals surface area (Å²) in [6.45, 7) is -0.251. The smallest absolute Gasteiger partial charge is 0.267 e. The van der Waals surface area contributed by atoms with Crippen LogP contribution in [0.15, 0.2) is 70.2 Å². The fourth-order valence-corrected chi connectivity index (χ4v) is 2.71. The summed E-state index contributed by atoms with van der Waals surface area (Å²) < 4.78 is 20.3. The number of benzene rings is 2. The molecule has 0 saturated heterocycles. The van der Waals surface area contributed by atoms with Crippen molar-refractivity contribution in [2.45, 2.75) is 6.54 Å². The molecule has 2 heterocycles. The number of carbonyl (C=O) groups is 1. The molecule has 0 fully saturated rings. The number of rotatable bonds is 4. The van der Waals surface area contributed by atoms with Gasteiger partial charge in [0.1, 0.15) is 29.8 Å². The van der Waals surface area contributed by atoms with E-state index in [1.54, 1.807) is 30.3 Å². The molecule has 4 rings (SSSR count). The molecule has 0 bridgehead atoms. The third-order valence-electron chi connectivity index (χ3n) is 3.96. The zero-order valence-corrected chi connectivity index (χ0v) is 13.9. The monoisotopic (exact) mass is 364 g/mol. The fourth-order valence-electron chi connectivity index (χ4n) is 2.71. The number of fused-ring (bicyclic) bond motifs is 1. The van der Waals surface area contributed by atoms with E-state index in [4.69, 9.17) is 4.52 Å². The standard InChI is InChI=1S/C19H13FN4O3/c20-14-9-5-4-8-13(14)17-16-18(27-23-17)21-11-24(19(16)26)10-15(25)22-12-6-2-1-3-7-12/h1-9,11H,10H2,(H,22,25). The lowest BCUT2D eigenvalue weighted by Gasteiger charge is -2.07. The lowest BCUT2D eigenvalue weighted by Crippen LogP contribution is -2.27. The van der Waals surface area contributed by atoms with Crippen LogP contribution < -0.4 is 10.9 Å². The van der Waals surface area contributed by atoms with E-state index in [0.29, 0.717) is 5.69 Å². The maximum atomic E-state index is 14.1. The van der Waals surface area contributed by atoms with Crippen molar-refractivity contribution in [3.63, 3.8) is 0 Å². The molecule has 1 amide bonds. The maximum absolute atomic E-state index is 14.1. The van der Waals surface area contributed by atoms with Crippen LogP contribution in [0.1, 0.15) is 0 Å². The lowest BCUT2D eigenvalue weighted by atomic mass is 10.1. The number of amides is 1. The molecule has 134 valence electrons. The van der Waals surface area contributed by atoms with Gasteiger partial charge in [0.15, 0.2) is 0 Å². The normalized spacial score (nSPS) is 10.9. The Kier molecular flexibility index (Phi) is 4.21. The van der Waals surface area contributed by atoms with Gasteiger partial charge in [0.05, 0.1) is 0 Å². The SMILES string of the molecule is O=C(Cn1cnc2onc(-c3ccccc3F)c2c1=O)Nc1ccccc1. The number of aromatic nitrogens is 3. The molecule has 2 aromatic carbocycles. The number of anilines is 1. The average molecular weight is 364 g/mol. The van der Waals surface area contributed by atoms with Crippen LogP contribution >= 0.6 is 0 Å². The van der Waals surface area contributed by atoms with Gasteiger partial charge in [0.2, 0.25) is 5.91 Å². The Balaban J connectivity index is 1.70. The van der Waals surface area contributed by atoms with E-state index in [-0.39, 0.29) is 28.9 Å². The summed E-state index contributed by atoms with van der Waals surface area (Å²) in [5.74, 6) is -0.933. The molecule has 0 aliphatic rings. The van der Waals surface area contributed by atoms with Gasteiger partial charge in [-0.2, -0.15) is 0 Å². The first-order valence-corrected chi connectivity index (χ1v) is 8.08. The minimum atomic E-state index is -0.539. The summed E-state index contributed by atoms with van der Waals surface area (Å²) in [5.41, 5.74) is 0.238. The first kappa shape index (κ1) is 16.6. The third kappa shape index (κ3) is 3.20. The summed E-state index contributed by atoms with van der Waals surface area (Å²) in [4.78, 5) is 29.0. The Morgan fingerprint density at radius 3 is 2.63 bits per heavy atom. The molecule has 0 unspecified atom stereocenters. The minimum Gasteiger partial charge on any atom is -0.335 e. The highest BCUT2D eigenvalue weighted by Gasteiger charge is 2.19. The van der Waals surface area contributed by atoms with Crippen LogP contribution in [-0.4, -0.2) is 20.6 Å². The second-order valence-electron chi connectivity index (χ2n) is 5.78. The summed E-state index contributed by atoms with van der Waals surface area (Å²) >= 11 is 0. The summed E-state index contributed by atoms with van der Waals surface area (Å²) in [6.07, 6.45) is 1.20. The van der Waals surface area contributed by atoms with Gasteiger partial charge in [-0.25, -0.2) is 9.37 Å². The Morgan fingerprint density at radius 2 is 1.85 bits per heavy atom. The van der Waals surface area contributed by atoms with Gasteiger partial charge in [-0.15, -0.1) is 0 Å². The van der Waals surface area contributed by atoms with Crippen LogP contribution in [0.5, 0.6) is 0 Å². The minimum absolute atomic E-state index is 0.0158. The Bertz CT molecular complexity index is 1180. The van der Waals surface area contributed by atoms with Crippen molar-refractivity contribution in [2.75, 3.05) is 5.32 Å². The van der Waals surface area contributed by atoms with Crippen molar-refractivity contribution in [1.29, 1.82) is 0 Å². The molecule has 0 aliphatic heterocycles. The van der Waals surface area contributed by atoms with Gasteiger partial charge in [0, 0.05) is 11.3 Å². The highest BCUT2D eigenvalue weighted by molar-refractivity contribution is 5.91. The fraction of sp³-hybridized carbons (Fsp3) is 0.0526. The molecule has 0 saturated carbocycles. The lowest BCUT2D eigenvalue weighted by molar-refractivity contribution is -0.116. The molecule has 2 aromatic heterocycles. The molecule has 7 nitrogen and oxygen atoms in total. The van der Waals surface area contributed by atoms with Crippen molar-refractivity contribution < 1.29 is 13.7 Å². The van der Waals surface area contributed by atoms with Gasteiger partial charge in [-0.05, 0) is 24.3 Å². The van der Waals surface area contributed by atoms with E-state index in [1.165, 1.54) is 24.5 Å². The van der Waals surface area contributed by atoms with E-state index in [2.05, 4.69) is 15.5 Å². The van der Waals surface area contributed by atoms with E-state index in [0.717, 1.165) is 4.57 Å². The molecule has 27 heavy (non-hydrogen) atoms. The number of halogens is 1. The average Bonchev–Trinajstić information content (AvgIpc) is 3.10. The van der Waals surface area contributed by atoms with Crippen molar-refractivity contribution in [1.82, 2.24) is 14.7 Å². The van der Waals surface area contributed by atoms with Crippen molar-refractivity contribution in [3.05, 3.63) is 77.1 Å². The first-order chi connectivity index (χ1) is 13.1. The number of hydrogen-bond acceptors (Lipinski definition) is 5. The van der Waals surface area contributed by atoms with Gasteiger partial charge in [-0.3, -0.25) is 14.2 Å². The number of nitrogens with one attached hydrogen (secondary N) is 1. The molecular formula is C19H13FN4O3. The predicted octanol–water partition coefficient (Wildman–Crippen LogP) is 2.83. The molecular weight excluding hydrogens is 351 g/mol. The molecule has 4 aromatic rings. The Morgan fingerprint density at radius 1 is 1.11 bits per heavy atom. The van der Waals surface area contributed by atoms with Gasteiger partial charge < -0.3 is 9.84 Å². The molecule has 1 N–H and O–H groups in total. The van der Waals surface area contributed by atoms with E-state index < -0.39 is 17.3 Å². The topological polar surface area (TPSA) is 90.0 Å². The second-order valence-corrected chi connectivity index (χ2v) is 5.78. The number of hydrogen-bond donors (Lipinski definition) is 1. The Hall–Kier alpha value is -3.81. The van der Waals surface area contributed by atoms with Gasteiger partial charge in [0.25, 0.3) is 11.3 Å². The van der Waals surface area contributed by atoms with Crippen LogP contribution in [0.4, 0.5) is 10.1 Å².